The molecule has 0 atom stereocenters. The molecule has 0 spiro atoms. The Morgan fingerprint density at radius 2 is 2.00 bits per heavy atom. The van der Waals surface area contributed by atoms with E-state index in [1.165, 1.54) is 32.4 Å². The summed E-state index contributed by atoms with van der Waals surface area (Å²) in [5, 5.41) is 2.50. The summed E-state index contributed by atoms with van der Waals surface area (Å²) < 4.78 is 37.4. The molecule has 1 N–H and O–H groups in total. The van der Waals surface area contributed by atoms with Crippen LogP contribution in [0.5, 0.6) is 5.75 Å². The lowest BCUT2D eigenvalue weighted by Crippen LogP contribution is -2.20. The monoisotopic (exact) mass is 337 g/mol. The predicted molar refractivity (Wildman–Crippen MR) is 77.4 cm³/mol. The highest BCUT2D eigenvalue weighted by Crippen LogP contribution is 2.28. The van der Waals surface area contributed by atoms with E-state index in [0.29, 0.717) is 12.4 Å². The zero-order valence-corrected chi connectivity index (χ0v) is 13.2. The summed E-state index contributed by atoms with van der Waals surface area (Å²) in [4.78, 5) is 11.6. The Kier molecular flexibility index (Phi) is 6.90. The van der Waals surface area contributed by atoms with E-state index in [0.717, 1.165) is 0 Å². The SMILES string of the molecule is COCCOCC(=O)Nc1cc(S(=O)(=O)Cl)ccc1OC. The van der Waals surface area contributed by atoms with Crippen molar-refractivity contribution in [2.75, 3.05) is 39.4 Å². The van der Waals surface area contributed by atoms with Crippen LogP contribution in [0.1, 0.15) is 0 Å². The van der Waals surface area contributed by atoms with E-state index in [1.54, 1.807) is 0 Å². The van der Waals surface area contributed by atoms with Crippen molar-refractivity contribution in [1.29, 1.82) is 0 Å². The zero-order chi connectivity index (χ0) is 15.9. The summed E-state index contributed by atoms with van der Waals surface area (Å²) in [6.07, 6.45) is 0. The summed E-state index contributed by atoms with van der Waals surface area (Å²) in [5.41, 5.74) is 0.194. The minimum absolute atomic E-state index is 0.138. The molecule has 118 valence electrons. The molecule has 0 aromatic heterocycles. The molecule has 0 heterocycles. The van der Waals surface area contributed by atoms with Gasteiger partial charge in [0.1, 0.15) is 12.4 Å². The number of methoxy groups -OCH3 is 2. The van der Waals surface area contributed by atoms with E-state index >= 15 is 0 Å². The van der Waals surface area contributed by atoms with Crippen molar-refractivity contribution in [3.8, 4) is 5.75 Å². The van der Waals surface area contributed by atoms with Crippen LogP contribution in [0.4, 0.5) is 5.69 Å². The van der Waals surface area contributed by atoms with Crippen molar-refractivity contribution < 1.29 is 27.4 Å². The standard InChI is InChI=1S/C12H16ClNO6S/c1-18-5-6-20-8-12(15)14-10-7-9(21(13,16)17)3-4-11(10)19-2/h3-4,7H,5-6,8H2,1-2H3,(H,14,15). The van der Waals surface area contributed by atoms with Gasteiger partial charge in [0.2, 0.25) is 5.91 Å². The third-order valence-electron chi connectivity index (χ3n) is 2.39. The molecule has 0 unspecified atom stereocenters. The lowest BCUT2D eigenvalue weighted by molar-refractivity contribution is -0.121. The largest absolute Gasteiger partial charge is 0.495 e. The first-order valence-corrected chi connectivity index (χ1v) is 8.18. The second-order valence-electron chi connectivity index (χ2n) is 3.89. The molecule has 0 aliphatic rings. The van der Waals surface area contributed by atoms with Gasteiger partial charge in [0, 0.05) is 17.8 Å². The Labute approximate surface area is 127 Å². The zero-order valence-electron chi connectivity index (χ0n) is 11.6. The van der Waals surface area contributed by atoms with Crippen LogP contribution in [-0.2, 0) is 23.3 Å². The number of amides is 1. The summed E-state index contributed by atoms with van der Waals surface area (Å²) in [6.45, 7) is 0.456. The molecule has 0 aliphatic carbocycles. The third-order valence-corrected chi connectivity index (χ3v) is 3.74. The normalized spacial score (nSPS) is 11.2. The minimum atomic E-state index is -3.89. The number of anilines is 1. The van der Waals surface area contributed by atoms with Crippen LogP contribution in [0.2, 0.25) is 0 Å². The van der Waals surface area contributed by atoms with Crippen LogP contribution in [-0.4, -0.2) is 48.4 Å². The predicted octanol–water partition coefficient (Wildman–Crippen LogP) is 1.22. The second kappa shape index (κ2) is 8.18. The Bertz CT molecular complexity index is 589. The van der Waals surface area contributed by atoms with Gasteiger partial charge in [-0.25, -0.2) is 8.42 Å². The number of rotatable bonds is 8. The smallest absolute Gasteiger partial charge is 0.261 e. The van der Waals surface area contributed by atoms with Gasteiger partial charge in [-0.15, -0.1) is 0 Å². The average Bonchev–Trinajstić information content (AvgIpc) is 2.42. The van der Waals surface area contributed by atoms with E-state index in [4.69, 9.17) is 24.9 Å². The highest BCUT2D eigenvalue weighted by molar-refractivity contribution is 8.13. The van der Waals surface area contributed by atoms with E-state index in [9.17, 15) is 13.2 Å². The van der Waals surface area contributed by atoms with Crippen LogP contribution < -0.4 is 10.1 Å². The maximum atomic E-state index is 11.7. The van der Waals surface area contributed by atoms with Gasteiger partial charge in [-0.3, -0.25) is 4.79 Å². The average molecular weight is 338 g/mol. The van der Waals surface area contributed by atoms with Crippen LogP contribution in [0.25, 0.3) is 0 Å². The first-order valence-electron chi connectivity index (χ1n) is 5.87. The quantitative estimate of drug-likeness (QED) is 0.566. The number of carbonyl (C=O) groups excluding carboxylic acids is 1. The maximum absolute atomic E-state index is 11.7. The molecule has 1 aromatic carbocycles. The fourth-order valence-corrected chi connectivity index (χ4v) is 2.21. The van der Waals surface area contributed by atoms with Gasteiger partial charge in [-0.1, -0.05) is 0 Å². The Morgan fingerprint density at radius 3 is 2.57 bits per heavy atom. The van der Waals surface area contributed by atoms with Crippen molar-refractivity contribution in [1.82, 2.24) is 0 Å². The van der Waals surface area contributed by atoms with Crippen molar-refractivity contribution >= 4 is 31.3 Å². The highest BCUT2D eigenvalue weighted by atomic mass is 35.7. The Morgan fingerprint density at radius 1 is 1.29 bits per heavy atom. The van der Waals surface area contributed by atoms with Crippen molar-refractivity contribution in [3.63, 3.8) is 0 Å². The number of halogens is 1. The fourth-order valence-electron chi connectivity index (χ4n) is 1.43. The summed E-state index contributed by atoms with van der Waals surface area (Å²) >= 11 is 0. The van der Waals surface area contributed by atoms with Crippen molar-refractivity contribution in [2.24, 2.45) is 0 Å². The first-order chi connectivity index (χ1) is 9.88. The molecule has 1 aromatic rings. The number of nitrogens with one attached hydrogen (secondary N) is 1. The molecule has 1 rings (SSSR count). The van der Waals surface area contributed by atoms with E-state index in [1.807, 2.05) is 0 Å². The molecular formula is C12H16ClNO6S. The summed E-state index contributed by atoms with van der Waals surface area (Å²) in [6, 6.07) is 3.90. The molecule has 0 fully saturated rings. The van der Waals surface area contributed by atoms with Gasteiger partial charge in [0.15, 0.2) is 0 Å². The minimum Gasteiger partial charge on any atom is -0.495 e. The van der Waals surface area contributed by atoms with Gasteiger partial charge in [0.05, 0.1) is 30.9 Å². The van der Waals surface area contributed by atoms with Gasteiger partial charge in [-0.05, 0) is 18.2 Å². The van der Waals surface area contributed by atoms with Crippen LogP contribution in [0.3, 0.4) is 0 Å². The molecule has 0 aliphatic heterocycles. The van der Waals surface area contributed by atoms with Gasteiger partial charge >= 0.3 is 0 Å². The summed E-state index contributed by atoms with van der Waals surface area (Å²) in [7, 11) is 4.29. The van der Waals surface area contributed by atoms with Crippen molar-refractivity contribution in [2.45, 2.75) is 4.90 Å². The number of hydrogen-bond acceptors (Lipinski definition) is 6. The van der Waals surface area contributed by atoms with Crippen molar-refractivity contribution in [3.05, 3.63) is 18.2 Å². The Balaban J connectivity index is 2.78. The topological polar surface area (TPSA) is 90.9 Å². The van der Waals surface area contributed by atoms with Gasteiger partial charge in [-0.2, -0.15) is 0 Å². The number of hydrogen-bond donors (Lipinski definition) is 1. The lowest BCUT2D eigenvalue weighted by Gasteiger charge is -2.11. The molecule has 0 saturated heterocycles. The van der Waals surface area contributed by atoms with E-state index in [2.05, 4.69) is 5.32 Å². The van der Waals surface area contributed by atoms with Crippen LogP contribution in [0.15, 0.2) is 23.1 Å². The molecule has 21 heavy (non-hydrogen) atoms. The summed E-state index contributed by atoms with van der Waals surface area (Å²) in [5.74, 6) is -0.141. The molecular weight excluding hydrogens is 322 g/mol. The molecule has 0 saturated carbocycles. The lowest BCUT2D eigenvalue weighted by atomic mass is 10.3. The van der Waals surface area contributed by atoms with Crippen LogP contribution in [0, 0.1) is 0 Å². The molecule has 1 amide bonds. The second-order valence-corrected chi connectivity index (χ2v) is 6.46. The fraction of sp³-hybridized carbons (Fsp3) is 0.417. The number of carbonyl (C=O) groups is 1. The van der Waals surface area contributed by atoms with E-state index in [-0.39, 0.29) is 23.8 Å². The first kappa shape index (κ1) is 17.7. The third kappa shape index (κ3) is 5.88. The highest BCUT2D eigenvalue weighted by Gasteiger charge is 2.15. The van der Waals surface area contributed by atoms with Crippen LogP contribution >= 0.6 is 10.7 Å². The molecule has 7 nitrogen and oxygen atoms in total. The Hall–Kier alpha value is -1.35. The van der Waals surface area contributed by atoms with E-state index < -0.39 is 15.0 Å². The maximum Gasteiger partial charge on any atom is 0.261 e. The molecule has 0 radical (unpaired) electrons. The molecule has 0 bridgehead atoms. The number of benzene rings is 1. The van der Waals surface area contributed by atoms with Gasteiger partial charge < -0.3 is 19.5 Å². The number of ether oxygens (including phenoxy) is 3. The van der Waals surface area contributed by atoms with Gasteiger partial charge in [0.25, 0.3) is 9.05 Å². The molecule has 9 heteroatoms.